The van der Waals surface area contributed by atoms with E-state index in [1.165, 1.54) is 5.52 Å². The third-order valence-corrected chi connectivity index (χ3v) is 5.20. The van der Waals surface area contributed by atoms with Crippen molar-refractivity contribution in [2.75, 3.05) is 20.2 Å². The van der Waals surface area contributed by atoms with E-state index in [-0.39, 0.29) is 5.91 Å². The summed E-state index contributed by atoms with van der Waals surface area (Å²) in [6, 6.07) is 15.6. The molecule has 1 amide bonds. The summed E-state index contributed by atoms with van der Waals surface area (Å²) in [4.78, 5) is 19.1. The normalized spacial score (nSPS) is 15.3. The number of nitrogens with zero attached hydrogens (tertiary/aromatic N) is 3. The third-order valence-electron chi connectivity index (χ3n) is 5.20. The highest BCUT2D eigenvalue weighted by Crippen LogP contribution is 2.23. The van der Waals surface area contributed by atoms with Gasteiger partial charge < -0.3 is 14.2 Å². The molecule has 5 nitrogen and oxygen atoms in total. The molecule has 1 aliphatic heterocycles. The summed E-state index contributed by atoms with van der Waals surface area (Å²) >= 11 is 0. The molecule has 0 spiro atoms. The van der Waals surface area contributed by atoms with Crippen LogP contribution in [0.2, 0.25) is 0 Å². The van der Waals surface area contributed by atoms with Crippen LogP contribution in [0, 0.1) is 5.92 Å². The predicted octanol–water partition coefficient (Wildman–Crippen LogP) is 3.60. The Kier molecular flexibility index (Phi) is 4.61. The summed E-state index contributed by atoms with van der Waals surface area (Å²) in [5, 5.41) is 0. The lowest BCUT2D eigenvalue weighted by Crippen LogP contribution is -2.39. The van der Waals surface area contributed by atoms with Crippen LogP contribution in [-0.4, -0.2) is 40.6 Å². The number of hydrogen-bond acceptors (Lipinski definition) is 3. The average Bonchev–Trinajstić information content (AvgIpc) is 3.11. The summed E-state index contributed by atoms with van der Waals surface area (Å²) in [7, 11) is 1.62. The van der Waals surface area contributed by atoms with Gasteiger partial charge in [0, 0.05) is 25.2 Å². The Morgan fingerprint density at radius 3 is 2.77 bits per heavy atom. The molecular formula is C21H23N3O2. The van der Waals surface area contributed by atoms with Crippen LogP contribution in [-0.2, 0) is 6.54 Å². The molecule has 5 heteroatoms. The minimum absolute atomic E-state index is 0.0930. The van der Waals surface area contributed by atoms with Gasteiger partial charge in [-0.2, -0.15) is 0 Å². The van der Waals surface area contributed by atoms with E-state index < -0.39 is 0 Å². The van der Waals surface area contributed by atoms with E-state index in [2.05, 4.69) is 21.7 Å². The number of hydrogen-bond donors (Lipinski definition) is 0. The van der Waals surface area contributed by atoms with E-state index in [0.717, 1.165) is 43.7 Å². The number of piperidine rings is 1. The Morgan fingerprint density at radius 2 is 1.96 bits per heavy atom. The molecule has 134 valence electrons. The highest BCUT2D eigenvalue weighted by molar-refractivity contribution is 5.94. The van der Waals surface area contributed by atoms with Crippen molar-refractivity contribution >= 4 is 16.9 Å². The van der Waals surface area contributed by atoms with Crippen molar-refractivity contribution in [2.24, 2.45) is 5.92 Å². The number of likely N-dealkylation sites (tertiary alicyclic amines) is 1. The van der Waals surface area contributed by atoms with E-state index in [9.17, 15) is 4.79 Å². The minimum Gasteiger partial charge on any atom is -0.497 e. The van der Waals surface area contributed by atoms with Gasteiger partial charge in [0.25, 0.3) is 5.91 Å². The Morgan fingerprint density at radius 1 is 1.15 bits per heavy atom. The highest BCUT2D eigenvalue weighted by atomic mass is 16.5. The number of fused-ring (bicyclic) bond motifs is 1. The van der Waals surface area contributed by atoms with Gasteiger partial charge in [-0.05, 0) is 49.1 Å². The number of ether oxygens (including phenoxy) is 1. The maximum Gasteiger partial charge on any atom is 0.253 e. The first kappa shape index (κ1) is 16.6. The van der Waals surface area contributed by atoms with Crippen molar-refractivity contribution in [3.63, 3.8) is 0 Å². The van der Waals surface area contributed by atoms with Crippen LogP contribution in [0.4, 0.5) is 0 Å². The second-order valence-corrected chi connectivity index (χ2v) is 6.85. The number of para-hydroxylation sites is 2. The summed E-state index contributed by atoms with van der Waals surface area (Å²) < 4.78 is 7.46. The van der Waals surface area contributed by atoms with Gasteiger partial charge in [-0.25, -0.2) is 4.98 Å². The molecule has 1 saturated heterocycles. The zero-order chi connectivity index (χ0) is 17.9. The molecule has 0 radical (unpaired) electrons. The largest absolute Gasteiger partial charge is 0.497 e. The molecule has 0 N–H and O–H groups in total. The number of benzene rings is 2. The van der Waals surface area contributed by atoms with E-state index in [1.54, 1.807) is 7.11 Å². The molecule has 0 bridgehead atoms. The number of carbonyl (C=O) groups excluding carboxylic acids is 1. The number of imidazole rings is 1. The van der Waals surface area contributed by atoms with Crippen molar-refractivity contribution in [1.82, 2.24) is 14.5 Å². The van der Waals surface area contributed by atoms with Gasteiger partial charge in [0.2, 0.25) is 0 Å². The summed E-state index contributed by atoms with van der Waals surface area (Å²) in [5.41, 5.74) is 2.92. The van der Waals surface area contributed by atoms with Crippen molar-refractivity contribution in [2.45, 2.75) is 19.4 Å². The molecule has 0 saturated carbocycles. The first-order valence-electron chi connectivity index (χ1n) is 9.08. The second-order valence-electron chi connectivity index (χ2n) is 6.85. The quantitative estimate of drug-likeness (QED) is 0.723. The van der Waals surface area contributed by atoms with Crippen LogP contribution < -0.4 is 4.74 Å². The average molecular weight is 349 g/mol. The maximum atomic E-state index is 12.7. The Hall–Kier alpha value is -2.82. The number of aromatic nitrogens is 2. The second kappa shape index (κ2) is 7.20. The predicted molar refractivity (Wildman–Crippen MR) is 101 cm³/mol. The molecule has 1 fully saturated rings. The molecule has 0 unspecified atom stereocenters. The molecule has 26 heavy (non-hydrogen) atoms. The van der Waals surface area contributed by atoms with Crippen molar-refractivity contribution in [1.29, 1.82) is 0 Å². The molecular weight excluding hydrogens is 326 g/mol. The van der Waals surface area contributed by atoms with E-state index in [1.807, 2.05) is 47.6 Å². The van der Waals surface area contributed by atoms with Crippen LogP contribution in [0.3, 0.4) is 0 Å². The number of methoxy groups -OCH3 is 1. The summed E-state index contributed by atoms with van der Waals surface area (Å²) in [6.45, 7) is 2.56. The fourth-order valence-electron chi connectivity index (χ4n) is 3.69. The molecule has 4 rings (SSSR count). The molecule has 1 aliphatic rings. The van der Waals surface area contributed by atoms with Crippen LogP contribution in [0.15, 0.2) is 54.9 Å². The molecule has 3 aromatic rings. The van der Waals surface area contributed by atoms with Crippen LogP contribution in [0.5, 0.6) is 5.75 Å². The minimum atomic E-state index is 0.0930. The summed E-state index contributed by atoms with van der Waals surface area (Å²) in [6.07, 6.45) is 3.96. The standard InChI is InChI=1S/C21H23N3O2/c1-26-18-6-4-5-17(13-18)21(25)23-11-9-16(10-12-23)14-24-15-22-19-7-2-3-8-20(19)24/h2-8,13,15-16H,9-12,14H2,1H3. The lowest BCUT2D eigenvalue weighted by atomic mass is 9.96. The Labute approximate surface area is 153 Å². The van der Waals surface area contributed by atoms with Gasteiger partial charge in [0.15, 0.2) is 0 Å². The smallest absolute Gasteiger partial charge is 0.253 e. The zero-order valence-corrected chi connectivity index (χ0v) is 15.0. The van der Waals surface area contributed by atoms with Gasteiger partial charge in [-0.15, -0.1) is 0 Å². The Balaban J connectivity index is 1.38. The monoisotopic (exact) mass is 349 g/mol. The lowest BCUT2D eigenvalue weighted by molar-refractivity contribution is 0.0683. The molecule has 2 aromatic carbocycles. The number of amides is 1. The number of carbonyl (C=O) groups is 1. The van der Waals surface area contributed by atoms with Gasteiger partial charge in [0.1, 0.15) is 5.75 Å². The maximum absolute atomic E-state index is 12.7. The molecule has 2 heterocycles. The van der Waals surface area contributed by atoms with E-state index in [0.29, 0.717) is 11.5 Å². The van der Waals surface area contributed by atoms with Crippen LogP contribution in [0.25, 0.3) is 11.0 Å². The third kappa shape index (κ3) is 3.29. The van der Waals surface area contributed by atoms with Gasteiger partial charge in [-0.3, -0.25) is 4.79 Å². The number of rotatable bonds is 4. The van der Waals surface area contributed by atoms with Gasteiger partial charge in [0.05, 0.1) is 24.5 Å². The van der Waals surface area contributed by atoms with E-state index >= 15 is 0 Å². The summed E-state index contributed by atoms with van der Waals surface area (Å²) in [5.74, 6) is 1.38. The van der Waals surface area contributed by atoms with Crippen molar-refractivity contribution < 1.29 is 9.53 Å². The van der Waals surface area contributed by atoms with E-state index in [4.69, 9.17) is 4.74 Å². The van der Waals surface area contributed by atoms with Crippen molar-refractivity contribution in [3.8, 4) is 5.75 Å². The van der Waals surface area contributed by atoms with Crippen molar-refractivity contribution in [3.05, 3.63) is 60.4 Å². The topological polar surface area (TPSA) is 47.4 Å². The zero-order valence-electron chi connectivity index (χ0n) is 15.0. The Bertz CT molecular complexity index is 910. The SMILES string of the molecule is COc1cccc(C(=O)N2CCC(Cn3cnc4ccccc43)CC2)c1. The van der Waals surface area contributed by atoms with Crippen LogP contribution >= 0.6 is 0 Å². The molecule has 0 atom stereocenters. The first-order valence-corrected chi connectivity index (χ1v) is 9.08. The van der Waals surface area contributed by atoms with Gasteiger partial charge in [-0.1, -0.05) is 18.2 Å². The molecule has 1 aromatic heterocycles. The molecule has 0 aliphatic carbocycles. The first-order chi connectivity index (χ1) is 12.7. The lowest BCUT2D eigenvalue weighted by Gasteiger charge is -2.32. The fourth-order valence-corrected chi connectivity index (χ4v) is 3.69. The fraction of sp³-hybridized carbons (Fsp3) is 0.333. The highest BCUT2D eigenvalue weighted by Gasteiger charge is 2.24. The van der Waals surface area contributed by atoms with Gasteiger partial charge >= 0.3 is 0 Å². The van der Waals surface area contributed by atoms with Crippen LogP contribution in [0.1, 0.15) is 23.2 Å².